The highest BCUT2D eigenvalue weighted by atomic mass is 15.4. The van der Waals surface area contributed by atoms with Crippen molar-refractivity contribution in [3.05, 3.63) is 11.6 Å². The van der Waals surface area contributed by atoms with Gasteiger partial charge in [0.1, 0.15) is 5.82 Å². The second kappa shape index (κ2) is 5.21. The Morgan fingerprint density at radius 2 is 2.21 bits per heavy atom. The molecule has 1 saturated heterocycles. The molecule has 1 aromatic heterocycles. The molecule has 5 heteroatoms. The van der Waals surface area contributed by atoms with Crippen LogP contribution in [0, 0.1) is 0 Å². The van der Waals surface area contributed by atoms with Crippen LogP contribution in [0.4, 0.5) is 0 Å². The first-order chi connectivity index (χ1) is 9.13. The summed E-state index contributed by atoms with van der Waals surface area (Å²) in [7, 11) is 0. The normalized spacial score (nSPS) is 28.0. The van der Waals surface area contributed by atoms with Gasteiger partial charge in [-0.1, -0.05) is 0 Å². The molecule has 0 aliphatic carbocycles. The van der Waals surface area contributed by atoms with Crippen molar-refractivity contribution in [3.8, 4) is 0 Å². The van der Waals surface area contributed by atoms with E-state index in [9.17, 15) is 0 Å². The van der Waals surface area contributed by atoms with Crippen LogP contribution < -0.4 is 5.73 Å². The summed E-state index contributed by atoms with van der Waals surface area (Å²) in [6.07, 6.45) is 5.60. The molecule has 0 saturated carbocycles. The summed E-state index contributed by atoms with van der Waals surface area (Å²) in [5.41, 5.74) is 5.99. The lowest BCUT2D eigenvalue weighted by Gasteiger charge is -2.27. The molecule has 0 radical (unpaired) electrons. The number of hydrogen-bond acceptors (Lipinski definition) is 4. The predicted octanol–water partition coefficient (Wildman–Crippen LogP) is 0.967. The summed E-state index contributed by atoms with van der Waals surface area (Å²) >= 11 is 0. The molecular weight excluding hydrogens is 238 g/mol. The van der Waals surface area contributed by atoms with Gasteiger partial charge in [-0.25, -0.2) is 9.67 Å². The molecule has 2 aliphatic rings. The van der Waals surface area contributed by atoms with Crippen molar-refractivity contribution in [2.24, 2.45) is 5.73 Å². The van der Waals surface area contributed by atoms with Gasteiger partial charge >= 0.3 is 0 Å². The van der Waals surface area contributed by atoms with Gasteiger partial charge in [0.15, 0.2) is 5.82 Å². The number of aryl methyl sites for hydroxylation is 1. The molecule has 0 spiro atoms. The summed E-state index contributed by atoms with van der Waals surface area (Å²) in [4.78, 5) is 7.30. The largest absolute Gasteiger partial charge is 0.326 e. The molecule has 2 N–H and O–H groups in total. The van der Waals surface area contributed by atoms with Gasteiger partial charge in [-0.15, -0.1) is 0 Å². The number of rotatable bonds is 3. The van der Waals surface area contributed by atoms with Crippen molar-refractivity contribution in [1.29, 1.82) is 0 Å². The van der Waals surface area contributed by atoms with Crippen molar-refractivity contribution < 1.29 is 0 Å². The molecule has 2 unspecified atom stereocenters. The number of fused-ring (bicyclic) bond motifs is 1. The molecule has 3 rings (SSSR count). The average molecular weight is 263 g/mol. The molecule has 1 aromatic rings. The summed E-state index contributed by atoms with van der Waals surface area (Å²) in [5, 5.41) is 4.66. The second-order valence-corrected chi connectivity index (χ2v) is 6.26. The van der Waals surface area contributed by atoms with Crippen molar-refractivity contribution in [3.63, 3.8) is 0 Å². The summed E-state index contributed by atoms with van der Waals surface area (Å²) in [6.45, 7) is 6.62. The van der Waals surface area contributed by atoms with Crippen LogP contribution >= 0.6 is 0 Å². The first-order valence-corrected chi connectivity index (χ1v) is 7.57. The second-order valence-electron chi connectivity index (χ2n) is 6.26. The van der Waals surface area contributed by atoms with E-state index in [1.165, 1.54) is 19.4 Å². The molecular formula is C14H25N5. The fourth-order valence-corrected chi connectivity index (χ4v) is 3.44. The highest BCUT2D eigenvalue weighted by Gasteiger charge is 2.28. The standard InChI is InChI=1S/C14H25N5/c1-10(2)18-7-3-4-12(18)8-13-16-14-6-5-11(15)9-19(14)17-13/h10-12H,3-9,15H2,1-2H3. The van der Waals surface area contributed by atoms with E-state index in [4.69, 9.17) is 10.7 Å². The highest BCUT2D eigenvalue weighted by molar-refractivity contribution is 5.00. The van der Waals surface area contributed by atoms with Crippen LogP contribution in [0.5, 0.6) is 0 Å². The third kappa shape index (κ3) is 2.67. The summed E-state index contributed by atoms with van der Waals surface area (Å²) in [5.74, 6) is 2.15. The molecule has 0 amide bonds. The van der Waals surface area contributed by atoms with Gasteiger partial charge in [-0.05, 0) is 39.7 Å². The zero-order valence-electron chi connectivity index (χ0n) is 12.0. The van der Waals surface area contributed by atoms with Gasteiger partial charge in [0.2, 0.25) is 0 Å². The van der Waals surface area contributed by atoms with Crippen LogP contribution in [0.2, 0.25) is 0 Å². The zero-order valence-corrected chi connectivity index (χ0v) is 12.0. The number of aromatic nitrogens is 3. The van der Waals surface area contributed by atoms with Gasteiger partial charge in [0, 0.05) is 31.0 Å². The summed E-state index contributed by atoms with van der Waals surface area (Å²) in [6, 6.07) is 1.50. The molecule has 5 nitrogen and oxygen atoms in total. The molecule has 106 valence electrons. The fourth-order valence-electron chi connectivity index (χ4n) is 3.44. The van der Waals surface area contributed by atoms with Crippen molar-refractivity contribution in [2.45, 2.75) is 70.6 Å². The predicted molar refractivity (Wildman–Crippen MR) is 74.9 cm³/mol. The van der Waals surface area contributed by atoms with Crippen molar-refractivity contribution >= 4 is 0 Å². The molecule has 3 heterocycles. The van der Waals surface area contributed by atoms with E-state index in [0.29, 0.717) is 12.1 Å². The van der Waals surface area contributed by atoms with E-state index < -0.39 is 0 Å². The van der Waals surface area contributed by atoms with E-state index >= 15 is 0 Å². The van der Waals surface area contributed by atoms with Crippen LogP contribution in [0.1, 0.15) is 44.8 Å². The topological polar surface area (TPSA) is 60.0 Å². The third-order valence-electron chi connectivity index (χ3n) is 4.44. The fraction of sp³-hybridized carbons (Fsp3) is 0.857. The van der Waals surface area contributed by atoms with E-state index in [2.05, 4.69) is 23.8 Å². The first-order valence-electron chi connectivity index (χ1n) is 7.57. The number of nitrogens with two attached hydrogens (primary N) is 1. The Labute approximate surface area is 115 Å². The zero-order chi connectivity index (χ0) is 13.4. The van der Waals surface area contributed by atoms with E-state index in [0.717, 1.165) is 37.5 Å². The van der Waals surface area contributed by atoms with Gasteiger partial charge in [-0.2, -0.15) is 5.10 Å². The van der Waals surface area contributed by atoms with E-state index in [1.54, 1.807) is 0 Å². The van der Waals surface area contributed by atoms with Crippen molar-refractivity contribution in [1.82, 2.24) is 19.7 Å². The lowest BCUT2D eigenvalue weighted by molar-refractivity contribution is 0.201. The van der Waals surface area contributed by atoms with Crippen LogP contribution in [-0.4, -0.2) is 44.3 Å². The minimum Gasteiger partial charge on any atom is -0.326 e. The minimum atomic E-state index is 0.251. The Hall–Kier alpha value is -0.940. The lowest BCUT2D eigenvalue weighted by Crippen LogP contribution is -2.37. The van der Waals surface area contributed by atoms with E-state index in [-0.39, 0.29) is 6.04 Å². The Kier molecular flexibility index (Phi) is 3.58. The maximum Gasteiger partial charge on any atom is 0.152 e. The maximum absolute atomic E-state index is 5.99. The molecule has 1 fully saturated rings. The monoisotopic (exact) mass is 263 g/mol. The molecule has 0 aromatic carbocycles. The molecule has 2 aliphatic heterocycles. The smallest absolute Gasteiger partial charge is 0.152 e. The molecule has 19 heavy (non-hydrogen) atoms. The first kappa shape index (κ1) is 13.1. The van der Waals surface area contributed by atoms with Crippen LogP contribution in [-0.2, 0) is 19.4 Å². The van der Waals surface area contributed by atoms with Gasteiger partial charge in [0.25, 0.3) is 0 Å². The average Bonchev–Trinajstić information content (AvgIpc) is 2.95. The number of likely N-dealkylation sites (tertiary alicyclic amines) is 1. The number of nitrogens with zero attached hydrogens (tertiary/aromatic N) is 4. The van der Waals surface area contributed by atoms with Crippen LogP contribution in [0.25, 0.3) is 0 Å². The lowest BCUT2D eigenvalue weighted by atomic mass is 10.1. The summed E-state index contributed by atoms with van der Waals surface area (Å²) < 4.78 is 2.03. The highest BCUT2D eigenvalue weighted by Crippen LogP contribution is 2.23. The van der Waals surface area contributed by atoms with E-state index in [1.807, 2.05) is 4.68 Å². The Morgan fingerprint density at radius 1 is 1.37 bits per heavy atom. The molecule has 2 atom stereocenters. The Bertz CT molecular complexity index is 439. The van der Waals surface area contributed by atoms with Gasteiger partial charge in [0.05, 0.1) is 6.54 Å². The third-order valence-corrected chi connectivity index (χ3v) is 4.44. The maximum atomic E-state index is 5.99. The Morgan fingerprint density at radius 3 is 3.00 bits per heavy atom. The van der Waals surface area contributed by atoms with Gasteiger partial charge in [-0.3, -0.25) is 4.90 Å². The Balaban J connectivity index is 1.70. The quantitative estimate of drug-likeness (QED) is 0.882. The SMILES string of the molecule is CC(C)N1CCCC1Cc1nc2n(n1)CC(N)CC2. The van der Waals surface area contributed by atoms with Gasteiger partial charge < -0.3 is 5.73 Å². The van der Waals surface area contributed by atoms with Crippen LogP contribution in [0.15, 0.2) is 0 Å². The molecule has 0 bridgehead atoms. The number of hydrogen-bond donors (Lipinski definition) is 1. The minimum absolute atomic E-state index is 0.251. The van der Waals surface area contributed by atoms with Crippen LogP contribution in [0.3, 0.4) is 0 Å². The van der Waals surface area contributed by atoms with Crippen molar-refractivity contribution in [2.75, 3.05) is 6.54 Å².